The maximum atomic E-state index is 13.5. The van der Waals surface area contributed by atoms with E-state index in [0.29, 0.717) is 18.6 Å². The SMILES string of the molecule is COCCC(N)c1nc(-c2ccccc2F)no1. The lowest BCUT2D eigenvalue weighted by Gasteiger charge is -2.04. The van der Waals surface area contributed by atoms with E-state index in [1.54, 1.807) is 25.3 Å². The van der Waals surface area contributed by atoms with Gasteiger partial charge in [-0.2, -0.15) is 4.98 Å². The molecule has 1 heterocycles. The van der Waals surface area contributed by atoms with Crippen molar-refractivity contribution in [3.05, 3.63) is 36.0 Å². The van der Waals surface area contributed by atoms with Gasteiger partial charge in [-0.15, -0.1) is 0 Å². The van der Waals surface area contributed by atoms with Gasteiger partial charge in [-0.3, -0.25) is 0 Å². The molecule has 0 aliphatic rings. The predicted molar refractivity (Wildman–Crippen MR) is 63.1 cm³/mol. The van der Waals surface area contributed by atoms with Gasteiger partial charge < -0.3 is 15.0 Å². The van der Waals surface area contributed by atoms with Crippen molar-refractivity contribution in [2.45, 2.75) is 12.5 Å². The van der Waals surface area contributed by atoms with Crippen molar-refractivity contribution in [1.82, 2.24) is 10.1 Å². The van der Waals surface area contributed by atoms with Crippen LogP contribution in [0.5, 0.6) is 0 Å². The van der Waals surface area contributed by atoms with Crippen molar-refractivity contribution >= 4 is 0 Å². The van der Waals surface area contributed by atoms with E-state index in [1.165, 1.54) is 6.07 Å². The molecule has 2 rings (SSSR count). The molecule has 18 heavy (non-hydrogen) atoms. The molecule has 0 spiro atoms. The number of hydrogen-bond acceptors (Lipinski definition) is 5. The largest absolute Gasteiger partial charge is 0.385 e. The number of rotatable bonds is 5. The summed E-state index contributed by atoms with van der Waals surface area (Å²) in [5.74, 6) is 0.0941. The standard InChI is InChI=1S/C12H14FN3O2/c1-17-7-6-10(14)12-15-11(16-18-12)8-4-2-3-5-9(8)13/h2-5,10H,6-7,14H2,1H3. The van der Waals surface area contributed by atoms with E-state index in [0.717, 1.165) is 0 Å². The smallest absolute Gasteiger partial charge is 0.243 e. The molecule has 0 saturated carbocycles. The third kappa shape index (κ3) is 2.72. The van der Waals surface area contributed by atoms with Crippen LogP contribution in [-0.4, -0.2) is 23.9 Å². The topological polar surface area (TPSA) is 74.2 Å². The molecule has 0 saturated heterocycles. The molecular weight excluding hydrogens is 237 g/mol. The molecule has 0 radical (unpaired) electrons. The summed E-state index contributed by atoms with van der Waals surface area (Å²) in [7, 11) is 1.59. The third-order valence-electron chi connectivity index (χ3n) is 2.51. The Morgan fingerprint density at radius 2 is 2.22 bits per heavy atom. The van der Waals surface area contributed by atoms with Crippen molar-refractivity contribution < 1.29 is 13.7 Å². The summed E-state index contributed by atoms with van der Waals surface area (Å²) in [6.45, 7) is 0.499. The summed E-state index contributed by atoms with van der Waals surface area (Å²) in [6.07, 6.45) is 0.565. The quantitative estimate of drug-likeness (QED) is 0.878. The first-order valence-electron chi connectivity index (χ1n) is 5.55. The minimum atomic E-state index is -0.405. The predicted octanol–water partition coefficient (Wildman–Crippen LogP) is 1.91. The minimum absolute atomic E-state index is 0.205. The van der Waals surface area contributed by atoms with Crippen LogP contribution < -0.4 is 5.73 Å². The molecule has 0 aliphatic carbocycles. The Morgan fingerprint density at radius 3 is 2.94 bits per heavy atom. The maximum Gasteiger partial charge on any atom is 0.243 e. The Hall–Kier alpha value is -1.79. The summed E-state index contributed by atoms with van der Waals surface area (Å²) in [5, 5.41) is 3.73. The molecule has 1 atom stereocenters. The van der Waals surface area contributed by atoms with E-state index < -0.39 is 11.9 Å². The van der Waals surface area contributed by atoms with Gasteiger partial charge in [0.1, 0.15) is 5.82 Å². The lowest BCUT2D eigenvalue weighted by molar-refractivity contribution is 0.182. The fourth-order valence-corrected chi connectivity index (χ4v) is 1.51. The van der Waals surface area contributed by atoms with Crippen LogP contribution in [0.4, 0.5) is 4.39 Å². The summed E-state index contributed by atoms with van der Waals surface area (Å²) in [6, 6.07) is 5.84. The Morgan fingerprint density at radius 1 is 1.44 bits per heavy atom. The molecule has 6 heteroatoms. The van der Waals surface area contributed by atoms with Crippen LogP contribution in [0.1, 0.15) is 18.4 Å². The molecule has 5 nitrogen and oxygen atoms in total. The number of nitrogens with two attached hydrogens (primary N) is 1. The van der Waals surface area contributed by atoms with E-state index in [2.05, 4.69) is 10.1 Å². The second-order valence-corrected chi connectivity index (χ2v) is 3.82. The van der Waals surface area contributed by atoms with Crippen molar-refractivity contribution in [1.29, 1.82) is 0 Å². The average molecular weight is 251 g/mol. The lowest BCUT2D eigenvalue weighted by Crippen LogP contribution is -2.13. The molecule has 1 aromatic carbocycles. The molecule has 1 aromatic heterocycles. The van der Waals surface area contributed by atoms with Crippen LogP contribution in [0.15, 0.2) is 28.8 Å². The number of hydrogen-bond donors (Lipinski definition) is 1. The van der Waals surface area contributed by atoms with Gasteiger partial charge in [-0.05, 0) is 18.6 Å². The normalized spacial score (nSPS) is 12.6. The average Bonchev–Trinajstić information content (AvgIpc) is 2.86. The number of benzene rings is 1. The third-order valence-corrected chi connectivity index (χ3v) is 2.51. The zero-order chi connectivity index (χ0) is 13.0. The van der Waals surface area contributed by atoms with Crippen LogP contribution in [0.2, 0.25) is 0 Å². The van der Waals surface area contributed by atoms with Gasteiger partial charge in [0.15, 0.2) is 0 Å². The Kier molecular flexibility index (Phi) is 4.01. The van der Waals surface area contributed by atoms with E-state index in [9.17, 15) is 4.39 Å². The first-order chi connectivity index (χ1) is 8.72. The summed E-state index contributed by atoms with van der Waals surface area (Å²) >= 11 is 0. The van der Waals surface area contributed by atoms with Crippen molar-refractivity contribution in [3.8, 4) is 11.4 Å². The van der Waals surface area contributed by atoms with E-state index in [4.69, 9.17) is 15.0 Å². The maximum absolute atomic E-state index is 13.5. The minimum Gasteiger partial charge on any atom is -0.385 e. The second kappa shape index (κ2) is 5.70. The van der Waals surface area contributed by atoms with Gasteiger partial charge >= 0.3 is 0 Å². The molecule has 0 fully saturated rings. The fraction of sp³-hybridized carbons (Fsp3) is 0.333. The lowest BCUT2D eigenvalue weighted by atomic mass is 10.2. The zero-order valence-corrected chi connectivity index (χ0v) is 9.97. The highest BCUT2D eigenvalue weighted by molar-refractivity contribution is 5.54. The van der Waals surface area contributed by atoms with Crippen molar-refractivity contribution in [3.63, 3.8) is 0 Å². The van der Waals surface area contributed by atoms with Gasteiger partial charge in [0.25, 0.3) is 0 Å². The van der Waals surface area contributed by atoms with Crippen LogP contribution >= 0.6 is 0 Å². The van der Waals surface area contributed by atoms with Crippen LogP contribution in [0.3, 0.4) is 0 Å². The number of methoxy groups -OCH3 is 1. The molecule has 0 aliphatic heterocycles. The fourth-order valence-electron chi connectivity index (χ4n) is 1.51. The number of nitrogens with zero attached hydrogens (tertiary/aromatic N) is 2. The first-order valence-corrected chi connectivity index (χ1v) is 5.55. The van der Waals surface area contributed by atoms with Crippen molar-refractivity contribution in [2.75, 3.05) is 13.7 Å². The van der Waals surface area contributed by atoms with Gasteiger partial charge in [0.05, 0.1) is 11.6 Å². The van der Waals surface area contributed by atoms with Crippen LogP contribution in [0.25, 0.3) is 11.4 Å². The Balaban J connectivity index is 2.18. The molecule has 2 aromatic rings. The molecule has 2 N–H and O–H groups in total. The Bertz CT molecular complexity index is 516. The van der Waals surface area contributed by atoms with Gasteiger partial charge in [0.2, 0.25) is 11.7 Å². The molecular formula is C12H14FN3O2. The number of aromatic nitrogens is 2. The summed E-state index contributed by atoms with van der Waals surface area (Å²) < 4.78 is 23.5. The van der Waals surface area contributed by atoms with Gasteiger partial charge in [-0.25, -0.2) is 4.39 Å². The zero-order valence-electron chi connectivity index (χ0n) is 9.97. The highest BCUT2D eigenvalue weighted by Crippen LogP contribution is 2.21. The van der Waals surface area contributed by atoms with Crippen LogP contribution in [0, 0.1) is 5.82 Å². The van der Waals surface area contributed by atoms with E-state index >= 15 is 0 Å². The number of ether oxygens (including phenoxy) is 1. The molecule has 1 unspecified atom stereocenters. The highest BCUT2D eigenvalue weighted by atomic mass is 19.1. The van der Waals surface area contributed by atoms with E-state index in [1.807, 2.05) is 0 Å². The summed E-state index contributed by atoms with van der Waals surface area (Å²) in [4.78, 5) is 4.10. The molecule has 0 amide bonds. The summed E-state index contributed by atoms with van der Waals surface area (Å²) in [5.41, 5.74) is 6.14. The highest BCUT2D eigenvalue weighted by Gasteiger charge is 2.17. The van der Waals surface area contributed by atoms with Gasteiger partial charge in [-0.1, -0.05) is 17.3 Å². The second-order valence-electron chi connectivity index (χ2n) is 3.82. The molecule has 0 bridgehead atoms. The molecule has 96 valence electrons. The monoisotopic (exact) mass is 251 g/mol. The van der Waals surface area contributed by atoms with Crippen molar-refractivity contribution in [2.24, 2.45) is 5.73 Å². The number of halogens is 1. The first kappa shape index (κ1) is 12.7. The van der Waals surface area contributed by atoms with E-state index in [-0.39, 0.29) is 11.7 Å². The van der Waals surface area contributed by atoms with Crippen LogP contribution in [-0.2, 0) is 4.74 Å². The Labute approximate surface area is 104 Å². The van der Waals surface area contributed by atoms with Gasteiger partial charge in [0, 0.05) is 13.7 Å².